The molecule has 3 aliphatic heterocycles. The number of hydrogen-bond donors (Lipinski definition) is 1. The standard InChI is InChI=1S/C41H48N6O11S.Pd/c1-8-24-19(2)27-18-32-37(23(6)48)21(4)29(44-32)16-28-20(3)25(9-12-35(51)58-47-33(49)10-11-34(47)50)39(45-28)26(15-36(52)57-7)40-38(41(53)42-13-14-59(54,55)56)22(5)30(46-40)17-31(24)43-27;/h16-20,24-25H,8-15H2,1-7H3,(H4,42,43,44,45,46,48,53,54,55,56);/q;+2/p-3/t19?,20?,24-,25+;/m1./s1. The van der Waals surface area contributed by atoms with Crippen LogP contribution >= 0.6 is 0 Å². The number of amides is 3. The molecule has 8 bridgehead atoms. The van der Waals surface area contributed by atoms with Gasteiger partial charge in [0.2, 0.25) is 5.91 Å². The number of esters is 1. The zero-order chi connectivity index (χ0) is 43.1. The van der Waals surface area contributed by atoms with Crippen molar-refractivity contribution < 1.29 is 71.7 Å². The van der Waals surface area contributed by atoms with Crippen LogP contribution in [0.1, 0.15) is 144 Å². The van der Waals surface area contributed by atoms with E-state index < -0.39 is 70.3 Å². The Bertz CT molecular complexity index is 2550. The second kappa shape index (κ2) is 18.3. The van der Waals surface area contributed by atoms with Gasteiger partial charge in [0.05, 0.1) is 29.4 Å². The Hall–Kier alpha value is -5.09. The number of nitrogens with zero attached hydrogens (tertiary/aromatic N) is 5. The Morgan fingerprint density at radius 3 is 2.08 bits per heavy atom. The number of fused-ring (bicyclic) bond motifs is 8. The van der Waals surface area contributed by atoms with E-state index in [0.29, 0.717) is 61.8 Å². The molecule has 0 saturated carbocycles. The Morgan fingerprint density at radius 2 is 1.47 bits per heavy atom. The third kappa shape index (κ3) is 9.29. The van der Waals surface area contributed by atoms with Crippen LogP contribution < -0.4 is 15.3 Å². The number of carbonyl (C=O) groups excluding carboxylic acids is 6. The van der Waals surface area contributed by atoms with Gasteiger partial charge in [-0.2, -0.15) is 0 Å². The van der Waals surface area contributed by atoms with Gasteiger partial charge < -0.3 is 29.4 Å². The molecule has 4 atom stereocenters. The first-order valence-corrected chi connectivity index (χ1v) is 20.9. The van der Waals surface area contributed by atoms with Gasteiger partial charge in [0.15, 0.2) is 5.78 Å². The van der Waals surface area contributed by atoms with Crippen molar-refractivity contribution in [2.75, 3.05) is 19.4 Å². The molecular weight excluding hydrogens is 891 g/mol. The summed E-state index contributed by atoms with van der Waals surface area (Å²) in [6.07, 6.45) is -0.172. The van der Waals surface area contributed by atoms with Crippen LogP contribution in [0.4, 0.5) is 0 Å². The maximum Gasteiger partial charge on any atom is 2.00 e. The van der Waals surface area contributed by atoms with Crippen LogP contribution in [0.3, 0.4) is 0 Å². The number of hydroxylamine groups is 2. The number of methoxy groups -OCH3 is 1. The molecular formula is C41H45N6O11PdS-. The Morgan fingerprint density at radius 1 is 0.883 bits per heavy atom. The van der Waals surface area contributed by atoms with Gasteiger partial charge in [-0.15, -0.1) is 27.1 Å². The molecule has 19 heteroatoms. The molecule has 2 unspecified atom stereocenters. The largest absolute Gasteiger partial charge is 2.00 e. The number of rotatable bonds is 12. The number of ketones is 1. The van der Waals surface area contributed by atoms with Crippen LogP contribution in [0.25, 0.3) is 22.1 Å². The molecule has 3 aromatic heterocycles. The fraction of sp³-hybridized carbons (Fsp3) is 0.463. The summed E-state index contributed by atoms with van der Waals surface area (Å²) >= 11 is 0. The molecule has 0 radical (unpaired) electrons. The van der Waals surface area contributed by atoms with Crippen molar-refractivity contribution in [3.63, 3.8) is 0 Å². The molecule has 6 rings (SSSR count). The van der Waals surface area contributed by atoms with Crippen LogP contribution in [-0.4, -0.2) is 82.9 Å². The average Bonchev–Trinajstić information content (AvgIpc) is 3.92. The van der Waals surface area contributed by atoms with Crippen LogP contribution in [-0.2, 0) is 65.7 Å². The normalized spacial score (nSPS) is 18.9. The molecule has 0 spiro atoms. The predicted molar refractivity (Wildman–Crippen MR) is 210 cm³/mol. The SMILES string of the molecule is CC[C@H]1c2cc3[n-]c(c(CC(=O)OC)c4nc(cc5[n-]c(cc(n2)C1C)c(C(C)=O)c5C)C(C)[C@@H]4CCC(=O)ON1C(=O)CCC1=O)c(C(=O)NCCS(=O)(=O)[O-])c3C.[Pd+2]. The monoisotopic (exact) mass is 935 g/mol. The van der Waals surface area contributed by atoms with E-state index in [9.17, 15) is 41.7 Å². The number of aryl methyl sites for hydroxylation is 2. The first kappa shape index (κ1) is 46.0. The van der Waals surface area contributed by atoms with Crippen molar-refractivity contribution in [3.8, 4) is 0 Å². The number of Topliss-reactive ketones (excluding diaryl/α,β-unsaturated/α-hetero) is 1. The molecule has 17 nitrogen and oxygen atoms in total. The molecule has 1 fully saturated rings. The summed E-state index contributed by atoms with van der Waals surface area (Å²) in [4.78, 5) is 103. The minimum Gasteiger partial charge on any atom is -0.748 e. The second-order valence-corrected chi connectivity index (χ2v) is 16.7. The first-order chi connectivity index (χ1) is 27.8. The van der Waals surface area contributed by atoms with E-state index in [4.69, 9.17) is 29.5 Å². The van der Waals surface area contributed by atoms with E-state index in [1.807, 2.05) is 26.8 Å². The van der Waals surface area contributed by atoms with Gasteiger partial charge in [0, 0.05) is 83.4 Å². The van der Waals surface area contributed by atoms with E-state index >= 15 is 0 Å². The third-order valence-corrected chi connectivity index (χ3v) is 12.1. The summed E-state index contributed by atoms with van der Waals surface area (Å²) in [5.41, 5.74) is 4.95. The zero-order valence-corrected chi connectivity index (χ0v) is 36.5. The molecule has 3 aliphatic rings. The van der Waals surface area contributed by atoms with E-state index in [2.05, 4.69) is 5.32 Å². The number of ether oxygens (including phenoxy) is 1. The second-order valence-electron chi connectivity index (χ2n) is 15.1. The van der Waals surface area contributed by atoms with Gasteiger partial charge in [0.25, 0.3) is 11.8 Å². The van der Waals surface area contributed by atoms with Crippen LogP contribution in [0, 0.1) is 13.8 Å². The number of carbonyl (C=O) groups is 6. The zero-order valence-electron chi connectivity index (χ0n) is 34.1. The summed E-state index contributed by atoms with van der Waals surface area (Å²) in [7, 11) is -3.48. The number of hydrogen-bond acceptors (Lipinski definition) is 13. The smallest absolute Gasteiger partial charge is 0.748 e. The summed E-state index contributed by atoms with van der Waals surface area (Å²) in [5, 5.41) is 2.97. The molecule has 0 aliphatic carbocycles. The predicted octanol–water partition coefficient (Wildman–Crippen LogP) is 3.95. The van der Waals surface area contributed by atoms with Gasteiger partial charge in [-0.25, -0.2) is 13.2 Å². The van der Waals surface area contributed by atoms with E-state index in [-0.39, 0.29) is 86.1 Å². The topological polar surface area (TPSA) is 247 Å². The van der Waals surface area contributed by atoms with Crippen molar-refractivity contribution in [2.45, 2.75) is 104 Å². The molecule has 6 heterocycles. The number of imide groups is 1. The maximum atomic E-state index is 14.1. The van der Waals surface area contributed by atoms with Crippen LogP contribution in [0.15, 0.2) is 18.2 Å². The molecule has 3 amide bonds. The molecule has 0 aromatic carbocycles. The Labute approximate surface area is 360 Å². The van der Waals surface area contributed by atoms with Gasteiger partial charge in [0.1, 0.15) is 0 Å². The molecule has 322 valence electrons. The van der Waals surface area contributed by atoms with Crippen LogP contribution in [0.5, 0.6) is 0 Å². The molecule has 1 saturated heterocycles. The van der Waals surface area contributed by atoms with E-state index in [0.717, 1.165) is 0 Å². The molecule has 1 N–H and O–H groups in total. The minimum absolute atomic E-state index is 0. The molecule has 3 aromatic rings. The average molecular weight is 936 g/mol. The third-order valence-electron chi connectivity index (χ3n) is 11.4. The summed E-state index contributed by atoms with van der Waals surface area (Å²) in [6, 6.07) is 5.30. The van der Waals surface area contributed by atoms with Gasteiger partial charge in [-0.1, -0.05) is 50.1 Å². The summed E-state index contributed by atoms with van der Waals surface area (Å²) < 4.78 is 39.5. The number of aromatic nitrogens is 4. The Kier molecular flexibility index (Phi) is 14.0. The van der Waals surface area contributed by atoms with Gasteiger partial charge in [-0.3, -0.25) is 33.9 Å². The fourth-order valence-corrected chi connectivity index (χ4v) is 8.49. The maximum absolute atomic E-state index is 14.1. The van der Waals surface area contributed by atoms with Crippen molar-refractivity contribution >= 4 is 67.6 Å². The summed E-state index contributed by atoms with van der Waals surface area (Å²) in [5.74, 6) is -5.98. The van der Waals surface area contributed by atoms with Crippen molar-refractivity contribution in [1.82, 2.24) is 30.3 Å². The van der Waals surface area contributed by atoms with Crippen molar-refractivity contribution in [1.29, 1.82) is 0 Å². The van der Waals surface area contributed by atoms with E-state index in [1.165, 1.54) is 14.0 Å². The summed E-state index contributed by atoms with van der Waals surface area (Å²) in [6.45, 7) is 10.3. The van der Waals surface area contributed by atoms with Gasteiger partial charge >= 0.3 is 32.4 Å². The first-order valence-electron chi connectivity index (χ1n) is 19.4. The van der Waals surface area contributed by atoms with Crippen molar-refractivity contribution in [2.24, 2.45) is 0 Å². The quantitative estimate of drug-likeness (QED) is 0.0888. The van der Waals surface area contributed by atoms with Crippen molar-refractivity contribution in [3.05, 3.63) is 68.8 Å². The Balaban J connectivity index is 0.00000683. The fourth-order valence-electron chi connectivity index (χ4n) is 8.14. The van der Waals surface area contributed by atoms with Gasteiger partial charge in [-0.05, 0) is 39.2 Å². The van der Waals surface area contributed by atoms with E-state index in [1.54, 1.807) is 26.0 Å². The minimum atomic E-state index is -4.68. The molecule has 60 heavy (non-hydrogen) atoms. The number of nitrogens with one attached hydrogen (secondary N) is 1. The van der Waals surface area contributed by atoms with Crippen LogP contribution in [0.2, 0.25) is 0 Å².